The van der Waals surface area contributed by atoms with Crippen LogP contribution in [0.4, 0.5) is 5.69 Å². The van der Waals surface area contributed by atoms with Crippen LogP contribution >= 0.6 is 23.5 Å². The summed E-state index contributed by atoms with van der Waals surface area (Å²) in [7, 11) is 0. The SMILES string of the molecule is O=[N+]([O-])c1cccc(C2C3=C(CCCS3)NC3=C2SCCC3)c1. The van der Waals surface area contributed by atoms with E-state index < -0.39 is 0 Å². The van der Waals surface area contributed by atoms with Crippen LogP contribution in [0, 0.1) is 10.1 Å². The monoisotopic (exact) mass is 346 g/mol. The third kappa shape index (κ3) is 2.78. The fourth-order valence-electron chi connectivity index (χ4n) is 3.47. The van der Waals surface area contributed by atoms with Crippen LogP contribution in [0.5, 0.6) is 0 Å². The molecule has 0 unspecified atom stereocenters. The van der Waals surface area contributed by atoms with Crippen LogP contribution in [-0.4, -0.2) is 16.4 Å². The highest BCUT2D eigenvalue weighted by molar-refractivity contribution is 8.04. The molecule has 4 rings (SSSR count). The zero-order chi connectivity index (χ0) is 15.8. The summed E-state index contributed by atoms with van der Waals surface area (Å²) in [6.07, 6.45) is 4.59. The quantitative estimate of drug-likeness (QED) is 0.618. The number of nitrogens with one attached hydrogen (secondary N) is 1. The van der Waals surface area contributed by atoms with Gasteiger partial charge in [-0.1, -0.05) is 12.1 Å². The summed E-state index contributed by atoms with van der Waals surface area (Å²) in [5.41, 5.74) is 3.94. The molecule has 0 spiro atoms. The first-order valence-electron chi connectivity index (χ1n) is 7.97. The first-order chi connectivity index (χ1) is 11.2. The van der Waals surface area contributed by atoms with Crippen molar-refractivity contribution in [2.75, 3.05) is 11.5 Å². The van der Waals surface area contributed by atoms with Gasteiger partial charge in [0.1, 0.15) is 0 Å². The van der Waals surface area contributed by atoms with Gasteiger partial charge in [-0.2, -0.15) is 0 Å². The van der Waals surface area contributed by atoms with Crippen molar-refractivity contribution in [2.24, 2.45) is 0 Å². The second-order valence-electron chi connectivity index (χ2n) is 6.00. The van der Waals surface area contributed by atoms with Crippen LogP contribution in [0.25, 0.3) is 0 Å². The molecule has 0 radical (unpaired) electrons. The van der Waals surface area contributed by atoms with E-state index in [2.05, 4.69) is 5.32 Å². The van der Waals surface area contributed by atoms with Crippen molar-refractivity contribution in [3.05, 3.63) is 61.1 Å². The first-order valence-corrected chi connectivity index (χ1v) is 9.94. The van der Waals surface area contributed by atoms with Crippen molar-refractivity contribution in [2.45, 2.75) is 31.6 Å². The number of thioether (sulfide) groups is 2. The fourth-order valence-corrected chi connectivity index (χ4v) is 6.06. The van der Waals surface area contributed by atoms with Gasteiger partial charge in [0.05, 0.1) is 4.92 Å². The summed E-state index contributed by atoms with van der Waals surface area (Å²) < 4.78 is 0. The molecule has 0 fully saturated rings. The molecular formula is C17H18N2O2S2. The second kappa shape index (κ2) is 6.24. The lowest BCUT2D eigenvalue weighted by Crippen LogP contribution is -2.28. The van der Waals surface area contributed by atoms with Gasteiger partial charge >= 0.3 is 0 Å². The van der Waals surface area contributed by atoms with E-state index >= 15 is 0 Å². The highest BCUT2D eigenvalue weighted by Gasteiger charge is 2.34. The molecule has 1 aromatic rings. The number of allylic oxidation sites excluding steroid dienone is 4. The van der Waals surface area contributed by atoms with Crippen LogP contribution in [-0.2, 0) is 0 Å². The van der Waals surface area contributed by atoms with Gasteiger partial charge in [0, 0.05) is 39.3 Å². The molecule has 0 saturated carbocycles. The highest BCUT2D eigenvalue weighted by Crippen LogP contribution is 2.52. The summed E-state index contributed by atoms with van der Waals surface area (Å²) in [4.78, 5) is 13.6. The van der Waals surface area contributed by atoms with Gasteiger partial charge in [-0.15, -0.1) is 23.5 Å². The van der Waals surface area contributed by atoms with E-state index in [0.717, 1.165) is 29.9 Å². The van der Waals surface area contributed by atoms with Gasteiger partial charge in [0.25, 0.3) is 5.69 Å². The highest BCUT2D eigenvalue weighted by atomic mass is 32.2. The molecule has 3 aliphatic rings. The molecule has 1 N–H and O–H groups in total. The van der Waals surface area contributed by atoms with Crippen molar-refractivity contribution in [1.29, 1.82) is 0 Å². The minimum atomic E-state index is -0.294. The van der Waals surface area contributed by atoms with Gasteiger partial charge < -0.3 is 5.32 Å². The lowest BCUT2D eigenvalue weighted by atomic mass is 9.91. The van der Waals surface area contributed by atoms with Gasteiger partial charge in [-0.3, -0.25) is 10.1 Å². The molecule has 4 nitrogen and oxygen atoms in total. The Morgan fingerprint density at radius 2 is 1.74 bits per heavy atom. The van der Waals surface area contributed by atoms with Crippen LogP contribution in [0.1, 0.15) is 37.2 Å². The number of benzene rings is 1. The minimum Gasteiger partial charge on any atom is -0.361 e. The Kier molecular flexibility index (Phi) is 4.11. The van der Waals surface area contributed by atoms with E-state index in [1.165, 1.54) is 34.0 Å². The van der Waals surface area contributed by atoms with Gasteiger partial charge in [-0.05, 0) is 42.8 Å². The number of non-ortho nitro benzene ring substituents is 1. The third-order valence-corrected chi connectivity index (χ3v) is 7.06. The van der Waals surface area contributed by atoms with Gasteiger partial charge in [-0.25, -0.2) is 0 Å². The largest absolute Gasteiger partial charge is 0.361 e. The summed E-state index contributed by atoms with van der Waals surface area (Å²) in [6.45, 7) is 0. The minimum absolute atomic E-state index is 0.187. The van der Waals surface area contributed by atoms with E-state index in [1.807, 2.05) is 35.7 Å². The first kappa shape index (κ1) is 15.1. The summed E-state index contributed by atoms with van der Waals surface area (Å²) >= 11 is 3.84. The average molecular weight is 346 g/mol. The number of hydrogen-bond donors (Lipinski definition) is 1. The van der Waals surface area contributed by atoms with Crippen LogP contribution in [0.3, 0.4) is 0 Å². The van der Waals surface area contributed by atoms with Gasteiger partial charge in [0.2, 0.25) is 0 Å². The smallest absolute Gasteiger partial charge is 0.269 e. The van der Waals surface area contributed by atoms with E-state index in [0.29, 0.717) is 0 Å². The Hall–Kier alpha value is -1.40. The van der Waals surface area contributed by atoms with Gasteiger partial charge in [0.15, 0.2) is 0 Å². The lowest BCUT2D eigenvalue weighted by molar-refractivity contribution is -0.384. The average Bonchev–Trinajstić information content (AvgIpc) is 2.59. The molecule has 0 amide bonds. The van der Waals surface area contributed by atoms with Crippen LogP contribution in [0.15, 0.2) is 45.5 Å². The fraction of sp³-hybridized carbons (Fsp3) is 0.412. The molecule has 3 heterocycles. The normalized spacial score (nSPS) is 21.6. The number of nitrogens with zero attached hydrogens (tertiary/aromatic N) is 1. The summed E-state index contributed by atoms with van der Waals surface area (Å²) in [6, 6.07) is 7.20. The molecule has 0 saturated heterocycles. The molecule has 120 valence electrons. The Morgan fingerprint density at radius 1 is 1.09 bits per heavy atom. The molecule has 3 aliphatic heterocycles. The predicted molar refractivity (Wildman–Crippen MR) is 96.4 cm³/mol. The number of nitro benzene ring substituents is 1. The summed E-state index contributed by atoms with van der Waals surface area (Å²) in [5.74, 6) is 2.47. The topological polar surface area (TPSA) is 55.2 Å². The molecule has 6 heteroatoms. The molecule has 0 aliphatic carbocycles. The standard InChI is InChI=1S/C17H18N2O2S2/c20-19(21)12-5-1-4-11(10-12)15-16-13(6-2-8-22-16)18-14-7-3-9-23-17(14)15/h1,4-5,10,15,18H,2-3,6-9H2. The van der Waals surface area contributed by atoms with E-state index in [1.54, 1.807) is 12.1 Å². The van der Waals surface area contributed by atoms with Crippen molar-refractivity contribution >= 4 is 29.2 Å². The number of dihydropyridines is 1. The van der Waals surface area contributed by atoms with Crippen molar-refractivity contribution < 1.29 is 4.92 Å². The maximum Gasteiger partial charge on any atom is 0.269 e. The number of rotatable bonds is 2. The van der Waals surface area contributed by atoms with Crippen molar-refractivity contribution in [3.8, 4) is 0 Å². The van der Waals surface area contributed by atoms with Crippen molar-refractivity contribution in [3.63, 3.8) is 0 Å². The Morgan fingerprint density at radius 3 is 2.35 bits per heavy atom. The Balaban J connectivity index is 1.82. The molecule has 0 atom stereocenters. The predicted octanol–water partition coefficient (Wildman–Crippen LogP) is 4.76. The molecular weight excluding hydrogens is 328 g/mol. The maximum atomic E-state index is 11.2. The number of hydrogen-bond acceptors (Lipinski definition) is 5. The van der Waals surface area contributed by atoms with E-state index in [9.17, 15) is 10.1 Å². The second-order valence-corrected chi connectivity index (χ2v) is 8.27. The van der Waals surface area contributed by atoms with Crippen molar-refractivity contribution in [1.82, 2.24) is 5.32 Å². The molecule has 23 heavy (non-hydrogen) atoms. The molecule has 0 bridgehead atoms. The third-order valence-electron chi connectivity index (χ3n) is 4.49. The van der Waals surface area contributed by atoms with Crippen LogP contribution in [0.2, 0.25) is 0 Å². The zero-order valence-electron chi connectivity index (χ0n) is 12.7. The number of nitro groups is 1. The lowest BCUT2D eigenvalue weighted by Gasteiger charge is -2.37. The van der Waals surface area contributed by atoms with E-state index in [-0.39, 0.29) is 16.5 Å². The van der Waals surface area contributed by atoms with E-state index in [4.69, 9.17) is 0 Å². The molecule has 1 aromatic carbocycles. The zero-order valence-corrected chi connectivity index (χ0v) is 14.3. The van der Waals surface area contributed by atoms with Crippen LogP contribution < -0.4 is 5.32 Å². The Labute approximate surface area is 143 Å². The Bertz CT molecular complexity index is 695. The molecule has 0 aromatic heterocycles. The maximum absolute atomic E-state index is 11.2. The summed E-state index contributed by atoms with van der Waals surface area (Å²) in [5, 5.41) is 14.8.